The average Bonchev–Trinajstić information content (AvgIpc) is 3.49. The lowest BCUT2D eigenvalue weighted by Crippen LogP contribution is -2.74. The molecular formula is C25H23NO3. The van der Waals surface area contributed by atoms with Crippen LogP contribution in [-0.2, 0) is 14.9 Å². The van der Waals surface area contributed by atoms with E-state index in [9.17, 15) is 4.79 Å². The molecule has 0 saturated carbocycles. The minimum atomic E-state index is -0.752. The molecule has 2 fully saturated rings. The van der Waals surface area contributed by atoms with Crippen molar-refractivity contribution in [1.82, 2.24) is 0 Å². The number of anilines is 1. The summed E-state index contributed by atoms with van der Waals surface area (Å²) in [5.41, 5.74) is 2.13. The normalized spacial score (nSPS) is 24.7. The number of epoxide rings is 1. The van der Waals surface area contributed by atoms with Gasteiger partial charge < -0.3 is 14.4 Å². The lowest BCUT2D eigenvalue weighted by atomic mass is 9.60. The lowest BCUT2D eigenvalue weighted by molar-refractivity contribution is -0.131. The number of hydrogen-bond donors (Lipinski definition) is 0. The second-order valence-electron chi connectivity index (χ2n) is 7.66. The smallest absolute Gasteiger partial charge is 0.244 e. The Kier molecular flexibility index (Phi) is 4.18. The maximum absolute atomic E-state index is 13.9. The first-order chi connectivity index (χ1) is 14.2. The van der Waals surface area contributed by atoms with Crippen molar-refractivity contribution in [1.29, 1.82) is 0 Å². The molecule has 0 radical (unpaired) electrons. The third kappa shape index (κ3) is 2.60. The number of ether oxygens (including phenoxy) is 2. The Morgan fingerprint density at radius 2 is 1.38 bits per heavy atom. The average molecular weight is 385 g/mol. The van der Waals surface area contributed by atoms with Crippen molar-refractivity contribution in [3.63, 3.8) is 0 Å². The van der Waals surface area contributed by atoms with Gasteiger partial charge in [-0.15, -0.1) is 0 Å². The molecular weight excluding hydrogens is 362 g/mol. The molecule has 0 bridgehead atoms. The number of amides is 1. The second kappa shape index (κ2) is 6.75. The molecule has 1 amide bonds. The molecule has 3 aromatic carbocycles. The number of nitrogens with zero attached hydrogens (tertiary/aromatic N) is 1. The van der Waals surface area contributed by atoms with Crippen molar-refractivity contribution in [3.05, 3.63) is 96.1 Å². The topological polar surface area (TPSA) is 42.1 Å². The van der Waals surface area contributed by atoms with Gasteiger partial charge in [-0.25, -0.2) is 0 Å². The van der Waals surface area contributed by atoms with Gasteiger partial charge in [0.25, 0.3) is 0 Å². The molecule has 146 valence electrons. The van der Waals surface area contributed by atoms with Gasteiger partial charge in [0.15, 0.2) is 0 Å². The van der Waals surface area contributed by atoms with Gasteiger partial charge >= 0.3 is 0 Å². The summed E-state index contributed by atoms with van der Waals surface area (Å²) >= 11 is 0. The molecule has 0 aliphatic carbocycles. The van der Waals surface area contributed by atoms with E-state index in [-0.39, 0.29) is 24.2 Å². The molecule has 4 heteroatoms. The van der Waals surface area contributed by atoms with Crippen molar-refractivity contribution in [2.45, 2.75) is 30.6 Å². The highest BCUT2D eigenvalue weighted by molar-refractivity contribution is 6.12. The van der Waals surface area contributed by atoms with Crippen LogP contribution in [0, 0.1) is 0 Å². The molecule has 2 saturated heterocycles. The Labute approximate surface area is 170 Å². The monoisotopic (exact) mass is 385 g/mol. The molecule has 0 unspecified atom stereocenters. The van der Waals surface area contributed by atoms with Gasteiger partial charge in [-0.3, -0.25) is 4.79 Å². The van der Waals surface area contributed by atoms with Crippen LogP contribution in [0.1, 0.15) is 18.1 Å². The molecule has 29 heavy (non-hydrogen) atoms. The van der Waals surface area contributed by atoms with E-state index in [1.807, 2.05) is 65.6 Å². The van der Waals surface area contributed by atoms with E-state index < -0.39 is 5.41 Å². The van der Waals surface area contributed by atoms with Crippen LogP contribution in [0.2, 0.25) is 0 Å². The summed E-state index contributed by atoms with van der Waals surface area (Å²) in [4.78, 5) is 15.8. The van der Waals surface area contributed by atoms with Crippen molar-refractivity contribution in [2.24, 2.45) is 0 Å². The van der Waals surface area contributed by atoms with Crippen molar-refractivity contribution in [2.75, 3.05) is 12.0 Å². The summed E-state index contributed by atoms with van der Waals surface area (Å²) in [6.07, 6.45) is 0.121. The minimum Gasteiger partial charge on any atom is -0.497 e. The number of carbonyl (C=O) groups is 1. The van der Waals surface area contributed by atoms with Crippen LogP contribution in [0.3, 0.4) is 0 Å². The maximum atomic E-state index is 13.9. The lowest BCUT2D eigenvalue weighted by Gasteiger charge is -2.56. The summed E-state index contributed by atoms with van der Waals surface area (Å²) in [7, 11) is 1.64. The first-order valence-corrected chi connectivity index (χ1v) is 9.92. The Hall–Kier alpha value is -3.11. The fraction of sp³-hybridized carbons (Fsp3) is 0.240. The maximum Gasteiger partial charge on any atom is 0.244 e. The molecule has 2 heterocycles. The zero-order valence-corrected chi connectivity index (χ0v) is 16.5. The summed E-state index contributed by atoms with van der Waals surface area (Å²) < 4.78 is 11.2. The highest BCUT2D eigenvalue weighted by Crippen LogP contribution is 2.54. The molecule has 4 nitrogen and oxygen atoms in total. The quantitative estimate of drug-likeness (QED) is 0.489. The summed E-state index contributed by atoms with van der Waals surface area (Å²) in [6, 6.07) is 27.7. The SMILES string of the molecule is COc1ccc(N2C(=O)C(c3ccccc3)(c3ccccc3)[C@@H]2[C@@H]2O[C@H]2C)cc1. The third-order valence-electron chi connectivity index (χ3n) is 6.16. The molecule has 0 spiro atoms. The van der Waals surface area contributed by atoms with E-state index in [1.54, 1.807) is 7.11 Å². The predicted molar refractivity (Wildman–Crippen MR) is 112 cm³/mol. The van der Waals surface area contributed by atoms with Gasteiger partial charge in [0.2, 0.25) is 5.91 Å². The first-order valence-electron chi connectivity index (χ1n) is 9.92. The molecule has 3 atom stereocenters. The van der Waals surface area contributed by atoms with Crippen LogP contribution in [0.5, 0.6) is 5.75 Å². The fourth-order valence-electron chi connectivity index (χ4n) is 4.68. The number of methoxy groups -OCH3 is 1. The highest BCUT2D eigenvalue weighted by Gasteiger charge is 2.69. The van der Waals surface area contributed by atoms with Crippen molar-refractivity contribution < 1.29 is 14.3 Å². The molecule has 0 N–H and O–H groups in total. The van der Waals surface area contributed by atoms with E-state index in [4.69, 9.17) is 9.47 Å². The highest BCUT2D eigenvalue weighted by atomic mass is 16.6. The second-order valence-corrected chi connectivity index (χ2v) is 7.66. The molecule has 2 aliphatic heterocycles. The van der Waals surface area contributed by atoms with E-state index in [1.165, 1.54) is 0 Å². The standard InChI is InChI=1S/C25H23NO3/c1-17-22(29-17)23-25(18-9-5-3-6-10-18,19-11-7-4-8-12-19)24(27)26(23)20-13-15-21(28-2)16-14-20/h3-17,22-23H,1-2H3/t17-,22+,23-/m0/s1. The molecule has 5 rings (SSSR count). The van der Waals surface area contributed by atoms with Crippen LogP contribution < -0.4 is 9.64 Å². The zero-order valence-electron chi connectivity index (χ0n) is 16.5. The van der Waals surface area contributed by atoms with Crippen LogP contribution in [0.15, 0.2) is 84.9 Å². The largest absolute Gasteiger partial charge is 0.497 e. The Morgan fingerprint density at radius 3 is 1.83 bits per heavy atom. The van der Waals surface area contributed by atoms with Gasteiger partial charge in [0.05, 0.1) is 19.3 Å². The Bertz CT molecular complexity index is 977. The predicted octanol–water partition coefficient (Wildman–Crippen LogP) is 4.18. The van der Waals surface area contributed by atoms with E-state index in [0.717, 1.165) is 22.6 Å². The first kappa shape index (κ1) is 18.0. The van der Waals surface area contributed by atoms with E-state index in [0.29, 0.717) is 0 Å². The van der Waals surface area contributed by atoms with Crippen LogP contribution in [0.25, 0.3) is 0 Å². The van der Waals surface area contributed by atoms with Crippen LogP contribution in [0.4, 0.5) is 5.69 Å². The summed E-state index contributed by atoms with van der Waals surface area (Å²) in [5.74, 6) is 0.847. The molecule has 2 aliphatic rings. The minimum absolute atomic E-state index is 0.00443. The Balaban J connectivity index is 1.67. The Morgan fingerprint density at radius 1 is 0.862 bits per heavy atom. The van der Waals surface area contributed by atoms with Gasteiger partial charge in [-0.1, -0.05) is 60.7 Å². The number of carbonyl (C=O) groups excluding carboxylic acids is 1. The fourth-order valence-corrected chi connectivity index (χ4v) is 4.68. The van der Waals surface area contributed by atoms with E-state index >= 15 is 0 Å². The number of benzene rings is 3. The molecule has 0 aromatic heterocycles. The van der Waals surface area contributed by atoms with Gasteiger partial charge in [0, 0.05) is 5.69 Å². The van der Waals surface area contributed by atoms with Crippen molar-refractivity contribution >= 4 is 11.6 Å². The zero-order chi connectivity index (χ0) is 20.0. The van der Waals surface area contributed by atoms with Crippen LogP contribution >= 0.6 is 0 Å². The third-order valence-corrected chi connectivity index (χ3v) is 6.16. The molecule has 3 aromatic rings. The number of rotatable bonds is 5. The van der Waals surface area contributed by atoms with Gasteiger partial charge in [0.1, 0.15) is 17.3 Å². The van der Waals surface area contributed by atoms with E-state index in [2.05, 4.69) is 31.2 Å². The van der Waals surface area contributed by atoms with Crippen molar-refractivity contribution in [3.8, 4) is 5.75 Å². The summed E-state index contributed by atoms with van der Waals surface area (Å²) in [5, 5.41) is 0. The van der Waals surface area contributed by atoms with Crippen LogP contribution in [-0.4, -0.2) is 31.3 Å². The van der Waals surface area contributed by atoms with Gasteiger partial charge in [-0.05, 0) is 42.3 Å². The van der Waals surface area contributed by atoms with Gasteiger partial charge in [-0.2, -0.15) is 0 Å². The number of β-lactam (4-membered cyclic amide) rings is 1. The summed E-state index contributed by atoms with van der Waals surface area (Å²) in [6.45, 7) is 2.07. The number of hydrogen-bond acceptors (Lipinski definition) is 3.